The number of ketones is 1. The molecule has 3 nitrogen and oxygen atoms in total. The molecule has 0 aliphatic rings. The fourth-order valence-corrected chi connectivity index (χ4v) is 1.58. The minimum atomic E-state index is -4.88. The number of benzene rings is 1. The first kappa shape index (κ1) is 12.8. The number of halogens is 4. The van der Waals surface area contributed by atoms with Crippen LogP contribution in [0.2, 0.25) is 0 Å². The van der Waals surface area contributed by atoms with Crippen LogP contribution >= 0.6 is 15.9 Å². The second kappa shape index (κ2) is 4.32. The number of carbonyl (C=O) groups excluding carboxylic acids is 1. The van der Waals surface area contributed by atoms with E-state index in [1.165, 1.54) is 12.1 Å². The highest BCUT2D eigenvalue weighted by molar-refractivity contribution is 9.10. The maximum absolute atomic E-state index is 12.1. The van der Waals surface area contributed by atoms with E-state index >= 15 is 0 Å². The van der Waals surface area contributed by atoms with Crippen LogP contribution in [0.5, 0.6) is 5.75 Å². The minimum Gasteiger partial charge on any atom is -0.403 e. The minimum absolute atomic E-state index is 0.218. The molecule has 0 bridgehead atoms. The van der Waals surface area contributed by atoms with Crippen molar-refractivity contribution in [1.82, 2.24) is 0 Å². The number of Topliss-reactive ketones (excluding diaryl/α,β-unsaturated/α-hetero) is 1. The molecule has 2 N–H and O–H groups in total. The van der Waals surface area contributed by atoms with Gasteiger partial charge in [-0.1, -0.05) is 15.9 Å². The van der Waals surface area contributed by atoms with Gasteiger partial charge in [-0.2, -0.15) is 0 Å². The fraction of sp³-hybridized carbons (Fsp3) is 0.222. The molecule has 0 unspecified atom stereocenters. The predicted molar refractivity (Wildman–Crippen MR) is 55.2 cm³/mol. The molecule has 0 atom stereocenters. The van der Waals surface area contributed by atoms with Crippen LogP contribution in [-0.4, -0.2) is 12.1 Å². The fourth-order valence-electron chi connectivity index (χ4n) is 1.11. The van der Waals surface area contributed by atoms with Gasteiger partial charge in [-0.15, -0.1) is 13.2 Å². The van der Waals surface area contributed by atoms with Crippen LogP contribution < -0.4 is 10.5 Å². The summed E-state index contributed by atoms with van der Waals surface area (Å²) < 4.78 is 40.3. The Morgan fingerprint density at radius 2 is 2.00 bits per heavy atom. The van der Waals surface area contributed by atoms with E-state index in [-0.39, 0.29) is 11.3 Å². The highest BCUT2D eigenvalue weighted by Gasteiger charge is 2.33. The van der Waals surface area contributed by atoms with E-state index in [2.05, 4.69) is 20.7 Å². The lowest BCUT2D eigenvalue weighted by atomic mass is 10.1. The Bertz CT molecular complexity index is 431. The summed E-state index contributed by atoms with van der Waals surface area (Å²) >= 11 is 3.03. The number of hydrogen-bond donors (Lipinski definition) is 1. The molecule has 0 saturated heterocycles. The van der Waals surface area contributed by atoms with Gasteiger partial charge < -0.3 is 10.5 Å². The SMILES string of the molecule is CC(=O)c1cc(Br)cc(N)c1OC(F)(F)F. The van der Waals surface area contributed by atoms with E-state index in [1.54, 1.807) is 0 Å². The van der Waals surface area contributed by atoms with Gasteiger partial charge in [0, 0.05) is 4.47 Å². The zero-order valence-corrected chi connectivity index (χ0v) is 9.65. The number of alkyl halides is 3. The van der Waals surface area contributed by atoms with Crippen molar-refractivity contribution in [2.45, 2.75) is 13.3 Å². The molecule has 0 aromatic heterocycles. The quantitative estimate of drug-likeness (QED) is 0.674. The van der Waals surface area contributed by atoms with Gasteiger partial charge in [-0.25, -0.2) is 0 Å². The van der Waals surface area contributed by atoms with Crippen LogP contribution in [0.25, 0.3) is 0 Å². The van der Waals surface area contributed by atoms with Gasteiger partial charge >= 0.3 is 6.36 Å². The summed E-state index contributed by atoms with van der Waals surface area (Å²) in [6, 6.07) is 2.45. The van der Waals surface area contributed by atoms with E-state index in [4.69, 9.17) is 5.73 Å². The summed E-state index contributed by atoms with van der Waals surface area (Å²) in [7, 11) is 0. The van der Waals surface area contributed by atoms with Crippen molar-refractivity contribution in [2.75, 3.05) is 5.73 Å². The molecule has 1 aromatic carbocycles. The van der Waals surface area contributed by atoms with Crippen molar-refractivity contribution in [2.24, 2.45) is 0 Å². The molecular formula is C9H7BrF3NO2. The van der Waals surface area contributed by atoms with Crippen molar-refractivity contribution in [1.29, 1.82) is 0 Å². The van der Waals surface area contributed by atoms with Crippen LogP contribution in [0.1, 0.15) is 17.3 Å². The molecule has 88 valence electrons. The summed E-state index contributed by atoms with van der Waals surface area (Å²) in [5, 5.41) is 0. The van der Waals surface area contributed by atoms with Crippen molar-refractivity contribution >= 4 is 27.4 Å². The van der Waals surface area contributed by atoms with Gasteiger partial charge in [-0.05, 0) is 19.1 Å². The number of rotatable bonds is 2. The third-order valence-electron chi connectivity index (χ3n) is 1.68. The van der Waals surface area contributed by atoms with E-state index in [0.717, 1.165) is 6.92 Å². The van der Waals surface area contributed by atoms with Gasteiger partial charge in [-0.3, -0.25) is 4.79 Å². The normalized spacial score (nSPS) is 11.3. The highest BCUT2D eigenvalue weighted by Crippen LogP contribution is 2.34. The molecule has 16 heavy (non-hydrogen) atoms. The second-order valence-corrected chi connectivity index (χ2v) is 3.89. The molecule has 0 radical (unpaired) electrons. The molecule has 1 rings (SSSR count). The third kappa shape index (κ3) is 3.13. The topological polar surface area (TPSA) is 52.3 Å². The molecule has 7 heteroatoms. The van der Waals surface area contributed by atoms with Gasteiger partial charge in [0.1, 0.15) is 0 Å². The average Bonchev–Trinajstić information content (AvgIpc) is 2.07. The van der Waals surface area contributed by atoms with E-state index in [1.807, 2.05) is 0 Å². The Hall–Kier alpha value is -1.24. The zero-order chi connectivity index (χ0) is 12.5. The second-order valence-electron chi connectivity index (χ2n) is 2.98. The van der Waals surface area contributed by atoms with Gasteiger partial charge in [0.25, 0.3) is 0 Å². The highest BCUT2D eigenvalue weighted by atomic mass is 79.9. The first-order valence-corrected chi connectivity index (χ1v) is 4.85. The standard InChI is InChI=1S/C9H7BrF3NO2/c1-4(15)6-2-5(10)3-7(14)8(6)16-9(11,12)13/h2-3H,14H2,1H3. The smallest absolute Gasteiger partial charge is 0.403 e. The van der Waals surface area contributed by atoms with Crippen LogP contribution in [0.3, 0.4) is 0 Å². The Morgan fingerprint density at radius 1 is 1.44 bits per heavy atom. The van der Waals surface area contributed by atoms with Crippen LogP contribution in [-0.2, 0) is 0 Å². The molecule has 0 aliphatic carbocycles. The van der Waals surface area contributed by atoms with E-state index in [0.29, 0.717) is 4.47 Å². The maximum atomic E-state index is 12.1. The Kier molecular flexibility index (Phi) is 3.47. The molecule has 0 spiro atoms. The lowest BCUT2D eigenvalue weighted by molar-refractivity contribution is -0.274. The van der Waals surface area contributed by atoms with Crippen LogP contribution in [0, 0.1) is 0 Å². The Morgan fingerprint density at radius 3 is 2.44 bits per heavy atom. The average molecular weight is 298 g/mol. The summed E-state index contributed by atoms with van der Waals surface area (Å²) in [5.41, 5.74) is 4.89. The number of carbonyl (C=O) groups is 1. The molecule has 0 amide bonds. The molecular weight excluding hydrogens is 291 g/mol. The summed E-state index contributed by atoms with van der Waals surface area (Å²) in [6.45, 7) is 1.13. The lowest BCUT2D eigenvalue weighted by Gasteiger charge is -2.14. The third-order valence-corrected chi connectivity index (χ3v) is 2.14. The Balaban J connectivity index is 3.30. The lowest BCUT2D eigenvalue weighted by Crippen LogP contribution is -2.19. The van der Waals surface area contributed by atoms with Crippen molar-refractivity contribution in [3.8, 4) is 5.75 Å². The first-order valence-electron chi connectivity index (χ1n) is 4.06. The summed E-state index contributed by atoms with van der Waals surface area (Å²) in [5.74, 6) is -1.23. The zero-order valence-electron chi connectivity index (χ0n) is 8.06. The van der Waals surface area contributed by atoms with Crippen LogP contribution in [0.15, 0.2) is 16.6 Å². The number of nitrogen functional groups attached to an aromatic ring is 1. The van der Waals surface area contributed by atoms with Crippen LogP contribution in [0.4, 0.5) is 18.9 Å². The molecule has 0 aliphatic heterocycles. The van der Waals surface area contributed by atoms with Gasteiger partial charge in [0.05, 0.1) is 11.3 Å². The van der Waals surface area contributed by atoms with Crippen molar-refractivity contribution < 1.29 is 22.7 Å². The van der Waals surface area contributed by atoms with Crippen molar-refractivity contribution in [3.05, 3.63) is 22.2 Å². The number of anilines is 1. The van der Waals surface area contributed by atoms with E-state index < -0.39 is 17.9 Å². The van der Waals surface area contributed by atoms with Crippen molar-refractivity contribution in [3.63, 3.8) is 0 Å². The van der Waals surface area contributed by atoms with Gasteiger partial charge in [0.2, 0.25) is 0 Å². The monoisotopic (exact) mass is 297 g/mol. The molecule has 0 heterocycles. The van der Waals surface area contributed by atoms with Gasteiger partial charge in [0.15, 0.2) is 11.5 Å². The molecule has 1 aromatic rings. The summed E-state index contributed by atoms with van der Waals surface area (Å²) in [4.78, 5) is 11.1. The predicted octanol–water partition coefficient (Wildman–Crippen LogP) is 3.13. The summed E-state index contributed by atoms with van der Waals surface area (Å²) in [6.07, 6.45) is -4.88. The Labute approximate surface area is 97.5 Å². The molecule has 0 saturated carbocycles. The van der Waals surface area contributed by atoms with E-state index in [9.17, 15) is 18.0 Å². The number of nitrogens with two attached hydrogens (primary N) is 1. The number of hydrogen-bond acceptors (Lipinski definition) is 3. The molecule has 0 fully saturated rings. The largest absolute Gasteiger partial charge is 0.573 e. The number of ether oxygens (including phenoxy) is 1. The maximum Gasteiger partial charge on any atom is 0.573 e. The first-order chi connectivity index (χ1) is 7.20.